The van der Waals surface area contributed by atoms with E-state index in [-0.39, 0.29) is 6.10 Å². The maximum Gasteiger partial charge on any atom is 0.127 e. The fourth-order valence-corrected chi connectivity index (χ4v) is 2.47. The predicted octanol–water partition coefficient (Wildman–Crippen LogP) is 3.89. The summed E-state index contributed by atoms with van der Waals surface area (Å²) in [6, 6.07) is 11.9. The van der Waals surface area contributed by atoms with Crippen molar-refractivity contribution < 1.29 is 9.47 Å². The fourth-order valence-electron chi connectivity index (χ4n) is 2.24. The van der Waals surface area contributed by atoms with Gasteiger partial charge in [0.05, 0.1) is 0 Å². The van der Waals surface area contributed by atoms with Gasteiger partial charge in [-0.1, -0.05) is 35.9 Å². The second-order valence-corrected chi connectivity index (χ2v) is 5.48. The average molecular weight is 308 g/mol. The third kappa shape index (κ3) is 4.60. The quantitative estimate of drug-likeness (QED) is 0.751. The first-order valence-electron chi connectivity index (χ1n) is 7.26. The zero-order valence-electron chi connectivity index (χ0n) is 12.6. The molecular weight excluding hydrogens is 286 g/mol. The van der Waals surface area contributed by atoms with Crippen LogP contribution in [0.3, 0.4) is 0 Å². The SMILES string of the molecule is COCCCNCC(C)Oc1ccc(Cl)c2ccccc12. The van der Waals surface area contributed by atoms with Crippen LogP contribution in [0.25, 0.3) is 10.8 Å². The molecule has 2 rings (SSSR count). The number of halogens is 1. The van der Waals surface area contributed by atoms with Crippen molar-refractivity contribution in [3.8, 4) is 5.75 Å². The van der Waals surface area contributed by atoms with E-state index in [4.69, 9.17) is 21.1 Å². The van der Waals surface area contributed by atoms with Crippen LogP contribution in [0.15, 0.2) is 36.4 Å². The molecule has 114 valence electrons. The topological polar surface area (TPSA) is 30.5 Å². The molecule has 0 amide bonds. The van der Waals surface area contributed by atoms with Crippen molar-refractivity contribution in [3.05, 3.63) is 41.4 Å². The lowest BCUT2D eigenvalue weighted by atomic mass is 10.1. The van der Waals surface area contributed by atoms with Crippen LogP contribution >= 0.6 is 11.6 Å². The molecule has 21 heavy (non-hydrogen) atoms. The number of nitrogens with one attached hydrogen (secondary N) is 1. The molecule has 0 saturated heterocycles. The Morgan fingerprint density at radius 1 is 1.14 bits per heavy atom. The summed E-state index contributed by atoms with van der Waals surface area (Å²) in [4.78, 5) is 0. The van der Waals surface area contributed by atoms with E-state index in [2.05, 4.69) is 12.2 Å². The summed E-state index contributed by atoms with van der Waals surface area (Å²) < 4.78 is 11.1. The van der Waals surface area contributed by atoms with Gasteiger partial charge in [-0.2, -0.15) is 0 Å². The minimum atomic E-state index is 0.0946. The molecule has 0 aliphatic rings. The van der Waals surface area contributed by atoms with Crippen molar-refractivity contribution in [2.45, 2.75) is 19.4 Å². The Morgan fingerprint density at radius 2 is 1.90 bits per heavy atom. The van der Waals surface area contributed by atoms with E-state index < -0.39 is 0 Å². The molecule has 3 nitrogen and oxygen atoms in total. The fraction of sp³-hybridized carbons (Fsp3) is 0.412. The minimum absolute atomic E-state index is 0.0946. The van der Waals surface area contributed by atoms with Gasteiger partial charge in [-0.15, -0.1) is 0 Å². The van der Waals surface area contributed by atoms with Gasteiger partial charge in [0.15, 0.2) is 0 Å². The number of methoxy groups -OCH3 is 1. The van der Waals surface area contributed by atoms with E-state index in [0.29, 0.717) is 0 Å². The summed E-state index contributed by atoms with van der Waals surface area (Å²) in [6.07, 6.45) is 1.10. The first kappa shape index (κ1) is 16.1. The van der Waals surface area contributed by atoms with E-state index >= 15 is 0 Å². The van der Waals surface area contributed by atoms with Gasteiger partial charge in [-0.05, 0) is 32.0 Å². The summed E-state index contributed by atoms with van der Waals surface area (Å²) in [5.41, 5.74) is 0. The monoisotopic (exact) mass is 307 g/mol. The Bertz CT molecular complexity index is 574. The Hall–Kier alpha value is -1.29. The molecule has 0 radical (unpaired) electrons. The Labute approximate surface area is 131 Å². The van der Waals surface area contributed by atoms with E-state index in [0.717, 1.165) is 47.7 Å². The number of fused-ring (bicyclic) bond motifs is 1. The second-order valence-electron chi connectivity index (χ2n) is 5.07. The largest absolute Gasteiger partial charge is 0.489 e. The molecule has 0 spiro atoms. The summed E-state index contributed by atoms with van der Waals surface area (Å²) in [6.45, 7) is 4.58. The molecule has 1 atom stereocenters. The zero-order valence-corrected chi connectivity index (χ0v) is 13.3. The van der Waals surface area contributed by atoms with Crippen LogP contribution < -0.4 is 10.1 Å². The van der Waals surface area contributed by atoms with Crippen LogP contribution in [0.4, 0.5) is 0 Å². The van der Waals surface area contributed by atoms with Crippen LogP contribution in [0, 0.1) is 0 Å². The zero-order chi connectivity index (χ0) is 15.1. The first-order valence-corrected chi connectivity index (χ1v) is 7.63. The van der Waals surface area contributed by atoms with Crippen LogP contribution in [0.2, 0.25) is 5.02 Å². The molecule has 1 N–H and O–H groups in total. The third-order valence-corrected chi connectivity index (χ3v) is 3.62. The molecule has 0 aliphatic carbocycles. The highest BCUT2D eigenvalue weighted by atomic mass is 35.5. The van der Waals surface area contributed by atoms with Crippen molar-refractivity contribution in [2.75, 3.05) is 26.8 Å². The molecule has 0 aromatic heterocycles. The molecule has 0 heterocycles. The van der Waals surface area contributed by atoms with Crippen molar-refractivity contribution in [3.63, 3.8) is 0 Å². The van der Waals surface area contributed by atoms with Gasteiger partial charge in [0.1, 0.15) is 11.9 Å². The predicted molar refractivity (Wildman–Crippen MR) is 88.4 cm³/mol. The number of hydrogen-bond acceptors (Lipinski definition) is 3. The molecule has 0 aliphatic heterocycles. The van der Waals surface area contributed by atoms with Crippen molar-refractivity contribution in [2.24, 2.45) is 0 Å². The molecule has 0 bridgehead atoms. The van der Waals surface area contributed by atoms with E-state index in [1.54, 1.807) is 7.11 Å². The molecular formula is C17H22ClNO2. The third-order valence-electron chi connectivity index (χ3n) is 3.29. The Balaban J connectivity index is 1.95. The number of ether oxygens (including phenoxy) is 2. The smallest absolute Gasteiger partial charge is 0.127 e. The second kappa shape index (κ2) is 8.23. The van der Waals surface area contributed by atoms with E-state index in [9.17, 15) is 0 Å². The van der Waals surface area contributed by atoms with Crippen LogP contribution in [-0.4, -0.2) is 32.9 Å². The average Bonchev–Trinajstić information content (AvgIpc) is 2.50. The number of hydrogen-bond donors (Lipinski definition) is 1. The van der Waals surface area contributed by atoms with Crippen LogP contribution in [0.5, 0.6) is 5.75 Å². The normalized spacial score (nSPS) is 12.5. The van der Waals surface area contributed by atoms with Gasteiger partial charge in [0.25, 0.3) is 0 Å². The Morgan fingerprint density at radius 3 is 2.67 bits per heavy atom. The first-order chi connectivity index (χ1) is 10.2. The molecule has 2 aromatic carbocycles. The highest BCUT2D eigenvalue weighted by Crippen LogP contribution is 2.31. The highest BCUT2D eigenvalue weighted by Gasteiger charge is 2.08. The van der Waals surface area contributed by atoms with Gasteiger partial charge in [-0.3, -0.25) is 0 Å². The molecule has 0 fully saturated rings. The molecule has 2 aromatic rings. The maximum atomic E-state index is 6.22. The van der Waals surface area contributed by atoms with Crippen molar-refractivity contribution in [1.82, 2.24) is 5.32 Å². The summed E-state index contributed by atoms with van der Waals surface area (Å²) in [5, 5.41) is 6.20. The summed E-state index contributed by atoms with van der Waals surface area (Å²) in [5.74, 6) is 0.876. The standard InChI is InChI=1S/C17H22ClNO2/c1-13(12-19-10-5-11-20-2)21-17-9-8-16(18)14-6-3-4-7-15(14)17/h3-4,6-9,13,19H,5,10-12H2,1-2H3. The molecule has 0 saturated carbocycles. The Kier molecular flexibility index (Phi) is 6.30. The van der Waals surface area contributed by atoms with Gasteiger partial charge < -0.3 is 14.8 Å². The lowest BCUT2D eigenvalue weighted by molar-refractivity contribution is 0.188. The molecule has 4 heteroatoms. The van der Waals surface area contributed by atoms with Gasteiger partial charge in [0, 0.05) is 36.1 Å². The van der Waals surface area contributed by atoms with Gasteiger partial charge in [-0.25, -0.2) is 0 Å². The van der Waals surface area contributed by atoms with Crippen molar-refractivity contribution >= 4 is 22.4 Å². The lowest BCUT2D eigenvalue weighted by Gasteiger charge is -2.17. The lowest BCUT2D eigenvalue weighted by Crippen LogP contribution is -2.30. The van der Waals surface area contributed by atoms with E-state index in [1.165, 1.54) is 0 Å². The van der Waals surface area contributed by atoms with Crippen LogP contribution in [-0.2, 0) is 4.74 Å². The summed E-state index contributed by atoms with van der Waals surface area (Å²) in [7, 11) is 1.72. The number of benzene rings is 2. The van der Waals surface area contributed by atoms with Crippen LogP contribution in [0.1, 0.15) is 13.3 Å². The van der Waals surface area contributed by atoms with Gasteiger partial charge >= 0.3 is 0 Å². The van der Waals surface area contributed by atoms with E-state index in [1.807, 2.05) is 36.4 Å². The summed E-state index contributed by atoms with van der Waals surface area (Å²) >= 11 is 6.22. The highest BCUT2D eigenvalue weighted by molar-refractivity contribution is 6.35. The van der Waals surface area contributed by atoms with Gasteiger partial charge in [0.2, 0.25) is 0 Å². The number of rotatable bonds is 8. The maximum absolute atomic E-state index is 6.22. The minimum Gasteiger partial charge on any atom is -0.489 e. The molecule has 1 unspecified atom stereocenters. The van der Waals surface area contributed by atoms with Crippen molar-refractivity contribution in [1.29, 1.82) is 0 Å².